The van der Waals surface area contributed by atoms with Crippen LogP contribution in [-0.4, -0.2) is 27.5 Å². The quantitative estimate of drug-likeness (QED) is 0.529. The van der Waals surface area contributed by atoms with Crippen LogP contribution in [0.1, 0.15) is 23.9 Å². The first-order valence-corrected chi connectivity index (χ1v) is 9.88. The number of benzene rings is 2. The van der Waals surface area contributed by atoms with Gasteiger partial charge in [-0.2, -0.15) is 0 Å². The van der Waals surface area contributed by atoms with Crippen LogP contribution in [0.5, 0.6) is 0 Å². The number of H-pyrrole nitrogens is 1. The fourth-order valence-electron chi connectivity index (χ4n) is 2.67. The van der Waals surface area contributed by atoms with Crippen LogP contribution in [-0.2, 0) is 16.0 Å². The maximum absolute atomic E-state index is 12.2. The normalized spacial score (nSPS) is 10.5. The highest BCUT2D eigenvalue weighted by molar-refractivity contribution is 7.99. The average molecular weight is 395 g/mol. The molecule has 2 amide bonds. The molecule has 0 spiro atoms. The van der Waals surface area contributed by atoms with Crippen molar-refractivity contribution >= 4 is 35.0 Å². The molecule has 0 saturated heterocycles. The van der Waals surface area contributed by atoms with E-state index in [0.717, 1.165) is 23.0 Å². The second-order valence-corrected chi connectivity index (χ2v) is 7.34. The van der Waals surface area contributed by atoms with Gasteiger partial charge in [0.25, 0.3) is 0 Å². The smallest absolute Gasteiger partial charge is 0.234 e. The summed E-state index contributed by atoms with van der Waals surface area (Å²) < 4.78 is 0. The number of thioether (sulfide) groups is 1. The van der Waals surface area contributed by atoms with Crippen LogP contribution in [0.15, 0.2) is 59.8 Å². The van der Waals surface area contributed by atoms with Crippen molar-refractivity contribution in [2.45, 2.75) is 25.4 Å². The predicted molar refractivity (Wildman–Crippen MR) is 113 cm³/mol. The molecule has 3 N–H and O–H groups in total. The number of hydrogen-bond acceptors (Lipinski definition) is 4. The number of rotatable bonds is 7. The number of carbonyl (C=O) groups excluding carboxylic acids is 2. The van der Waals surface area contributed by atoms with Gasteiger partial charge in [0.1, 0.15) is 0 Å². The first-order valence-electron chi connectivity index (χ1n) is 8.89. The van der Waals surface area contributed by atoms with Gasteiger partial charge < -0.3 is 15.6 Å². The average Bonchev–Trinajstić information content (AvgIpc) is 3.02. The summed E-state index contributed by atoms with van der Waals surface area (Å²) in [4.78, 5) is 31.1. The molecule has 28 heavy (non-hydrogen) atoms. The van der Waals surface area contributed by atoms with Crippen molar-refractivity contribution in [1.29, 1.82) is 0 Å². The molecule has 0 aliphatic carbocycles. The molecule has 0 aliphatic rings. The summed E-state index contributed by atoms with van der Waals surface area (Å²) in [5, 5.41) is 6.26. The Hall–Kier alpha value is -3.06. The molecule has 1 heterocycles. The molecule has 0 unspecified atom stereocenters. The molecule has 0 radical (unpaired) electrons. The molecule has 144 valence electrons. The number of imidazole rings is 1. The monoisotopic (exact) mass is 394 g/mol. The second kappa shape index (κ2) is 9.23. The maximum atomic E-state index is 12.2. The highest BCUT2D eigenvalue weighted by Crippen LogP contribution is 2.20. The first kappa shape index (κ1) is 19.7. The molecule has 2 aromatic carbocycles. The van der Waals surface area contributed by atoms with Crippen LogP contribution in [0, 0.1) is 6.92 Å². The third-order valence-electron chi connectivity index (χ3n) is 4.01. The predicted octanol–water partition coefficient (Wildman–Crippen LogP) is 4.00. The van der Waals surface area contributed by atoms with Crippen molar-refractivity contribution in [3.05, 3.63) is 71.5 Å². The van der Waals surface area contributed by atoms with Crippen LogP contribution in [0.3, 0.4) is 0 Å². The third kappa shape index (κ3) is 5.72. The molecule has 0 aliphatic heterocycles. The Morgan fingerprint density at radius 2 is 1.64 bits per heavy atom. The van der Waals surface area contributed by atoms with Gasteiger partial charge in [-0.25, -0.2) is 4.98 Å². The lowest BCUT2D eigenvalue weighted by Crippen LogP contribution is -2.14. The van der Waals surface area contributed by atoms with Crippen molar-refractivity contribution < 1.29 is 9.59 Å². The molecule has 7 heteroatoms. The number of aromatic amines is 1. The summed E-state index contributed by atoms with van der Waals surface area (Å²) in [5.41, 5.74) is 4.58. The number of anilines is 2. The van der Waals surface area contributed by atoms with Crippen LogP contribution in [0.2, 0.25) is 0 Å². The highest BCUT2D eigenvalue weighted by Gasteiger charge is 2.10. The van der Waals surface area contributed by atoms with E-state index < -0.39 is 0 Å². The molecule has 0 bridgehead atoms. The first-order chi connectivity index (χ1) is 13.5. The zero-order valence-electron chi connectivity index (χ0n) is 15.8. The summed E-state index contributed by atoms with van der Waals surface area (Å²) in [6.07, 6.45) is 0.760. The number of amides is 2. The van der Waals surface area contributed by atoms with E-state index >= 15 is 0 Å². The lowest BCUT2D eigenvalue weighted by Gasteiger charge is -2.06. The van der Waals surface area contributed by atoms with Gasteiger partial charge in [-0.1, -0.05) is 42.1 Å². The van der Waals surface area contributed by atoms with Crippen LogP contribution < -0.4 is 10.6 Å². The lowest BCUT2D eigenvalue weighted by atomic mass is 10.1. The molecule has 6 nitrogen and oxygen atoms in total. The summed E-state index contributed by atoms with van der Waals surface area (Å²) >= 11 is 1.37. The standard InChI is InChI=1S/C21H22N4O2S/c1-14-19(12-16-6-4-3-5-7-16)25-21(22-14)28-13-20(27)24-18-10-8-17(9-11-18)23-15(2)26/h3-11H,12-13H2,1-2H3,(H,22,25)(H,23,26)(H,24,27). The zero-order valence-corrected chi connectivity index (χ0v) is 16.6. The van der Waals surface area contributed by atoms with E-state index in [9.17, 15) is 9.59 Å². The van der Waals surface area contributed by atoms with Crippen molar-refractivity contribution in [3.63, 3.8) is 0 Å². The van der Waals surface area contributed by atoms with Gasteiger partial charge in [-0.15, -0.1) is 0 Å². The third-order valence-corrected chi connectivity index (χ3v) is 4.88. The Balaban J connectivity index is 1.52. The van der Waals surface area contributed by atoms with E-state index in [2.05, 4.69) is 32.7 Å². The Kier molecular flexibility index (Phi) is 6.49. The minimum absolute atomic E-state index is 0.115. The summed E-state index contributed by atoms with van der Waals surface area (Å²) in [5.74, 6) is 0.00930. The summed E-state index contributed by atoms with van der Waals surface area (Å²) in [6.45, 7) is 3.45. The fourth-order valence-corrected chi connectivity index (χ4v) is 3.41. The number of nitrogens with one attached hydrogen (secondary N) is 3. The number of aryl methyl sites for hydroxylation is 1. The summed E-state index contributed by atoms with van der Waals surface area (Å²) in [6, 6.07) is 17.2. The lowest BCUT2D eigenvalue weighted by molar-refractivity contribution is -0.114. The van der Waals surface area contributed by atoms with Gasteiger partial charge in [-0.05, 0) is 36.8 Å². The molecule has 0 atom stereocenters. The Morgan fingerprint density at radius 1 is 1.00 bits per heavy atom. The SMILES string of the molecule is CC(=O)Nc1ccc(NC(=O)CSc2nc(Cc3ccccc3)c(C)[nH]2)cc1. The van der Waals surface area contributed by atoms with Gasteiger partial charge in [0, 0.05) is 30.4 Å². The molecule has 0 fully saturated rings. The summed E-state index contributed by atoms with van der Waals surface area (Å²) in [7, 11) is 0. The molecular weight excluding hydrogens is 372 g/mol. The van der Waals surface area contributed by atoms with Crippen molar-refractivity contribution in [1.82, 2.24) is 9.97 Å². The molecule has 3 aromatic rings. The van der Waals surface area contributed by atoms with Crippen LogP contribution >= 0.6 is 11.8 Å². The van der Waals surface area contributed by atoms with E-state index in [1.165, 1.54) is 24.2 Å². The number of nitrogens with zero attached hydrogens (tertiary/aromatic N) is 1. The number of hydrogen-bond donors (Lipinski definition) is 3. The minimum Gasteiger partial charge on any atom is -0.337 e. The topological polar surface area (TPSA) is 86.9 Å². The van der Waals surface area contributed by atoms with E-state index in [1.807, 2.05) is 25.1 Å². The van der Waals surface area contributed by atoms with Crippen LogP contribution in [0.25, 0.3) is 0 Å². The number of aromatic nitrogens is 2. The second-order valence-electron chi connectivity index (χ2n) is 6.37. The van der Waals surface area contributed by atoms with Crippen molar-refractivity contribution in [2.75, 3.05) is 16.4 Å². The van der Waals surface area contributed by atoms with E-state index in [-0.39, 0.29) is 17.6 Å². The van der Waals surface area contributed by atoms with Gasteiger partial charge in [0.2, 0.25) is 11.8 Å². The Bertz CT molecular complexity index is 952. The van der Waals surface area contributed by atoms with Crippen LogP contribution in [0.4, 0.5) is 11.4 Å². The van der Waals surface area contributed by atoms with E-state index in [1.54, 1.807) is 24.3 Å². The van der Waals surface area contributed by atoms with Gasteiger partial charge in [0.05, 0.1) is 11.4 Å². The maximum Gasteiger partial charge on any atom is 0.234 e. The Morgan fingerprint density at radius 3 is 2.29 bits per heavy atom. The largest absolute Gasteiger partial charge is 0.337 e. The Labute approximate surface area is 168 Å². The number of carbonyl (C=O) groups is 2. The van der Waals surface area contributed by atoms with Gasteiger partial charge in [0.15, 0.2) is 5.16 Å². The molecular formula is C21H22N4O2S. The minimum atomic E-state index is -0.131. The van der Waals surface area contributed by atoms with E-state index in [4.69, 9.17) is 0 Å². The van der Waals surface area contributed by atoms with E-state index in [0.29, 0.717) is 11.4 Å². The van der Waals surface area contributed by atoms with Gasteiger partial charge >= 0.3 is 0 Å². The molecule has 3 rings (SSSR count). The molecule has 0 saturated carbocycles. The van der Waals surface area contributed by atoms with Gasteiger partial charge in [-0.3, -0.25) is 9.59 Å². The zero-order chi connectivity index (χ0) is 19.9. The molecule has 1 aromatic heterocycles. The van der Waals surface area contributed by atoms with Crippen molar-refractivity contribution in [2.24, 2.45) is 0 Å². The highest BCUT2D eigenvalue weighted by atomic mass is 32.2. The fraction of sp³-hybridized carbons (Fsp3) is 0.190. The van der Waals surface area contributed by atoms with Crippen molar-refractivity contribution in [3.8, 4) is 0 Å².